The number of amides is 1. The van der Waals surface area contributed by atoms with Gasteiger partial charge in [-0.15, -0.1) is 0 Å². The van der Waals surface area contributed by atoms with Crippen LogP contribution < -0.4 is 9.47 Å². The average Bonchev–Trinajstić information content (AvgIpc) is 2.79. The van der Waals surface area contributed by atoms with Crippen LogP contribution in [0.2, 0.25) is 0 Å². The highest BCUT2D eigenvalue weighted by molar-refractivity contribution is 5.85. The number of piperidine rings is 1. The molecule has 4 rings (SSSR count). The van der Waals surface area contributed by atoms with Gasteiger partial charge in [-0.3, -0.25) is 9.78 Å². The first-order valence-electron chi connectivity index (χ1n) is 10.3. The van der Waals surface area contributed by atoms with Crippen molar-refractivity contribution in [3.05, 3.63) is 54.5 Å². The molecule has 30 heavy (non-hydrogen) atoms. The Kier molecular flexibility index (Phi) is 5.84. The molecule has 156 valence electrons. The molecule has 1 aliphatic rings. The lowest BCUT2D eigenvalue weighted by Gasteiger charge is -2.32. The van der Waals surface area contributed by atoms with Crippen LogP contribution in [0.15, 0.2) is 48.7 Å². The first-order chi connectivity index (χ1) is 14.6. The molecule has 6 heteroatoms. The van der Waals surface area contributed by atoms with Crippen LogP contribution in [0.4, 0.5) is 4.39 Å². The normalized spacial score (nSPS) is 14.7. The third-order valence-corrected chi connectivity index (χ3v) is 5.56. The van der Waals surface area contributed by atoms with E-state index < -0.39 is 5.82 Å². The number of methoxy groups -OCH3 is 1. The van der Waals surface area contributed by atoms with E-state index in [0.717, 1.165) is 48.2 Å². The minimum Gasteiger partial charge on any atom is -0.494 e. The van der Waals surface area contributed by atoms with Crippen LogP contribution in [0.1, 0.15) is 26.2 Å². The number of hydrogen-bond donors (Lipinski definition) is 0. The number of ether oxygens (including phenoxy) is 2. The highest BCUT2D eigenvalue weighted by Gasteiger charge is 2.23. The molecule has 0 aliphatic carbocycles. The van der Waals surface area contributed by atoms with Crippen molar-refractivity contribution in [1.29, 1.82) is 0 Å². The number of rotatable bonds is 5. The van der Waals surface area contributed by atoms with Crippen LogP contribution in [0.5, 0.6) is 11.5 Å². The zero-order valence-electron chi connectivity index (χ0n) is 17.2. The number of fused-ring (bicyclic) bond motifs is 1. The molecule has 1 saturated heterocycles. The highest BCUT2D eigenvalue weighted by Crippen LogP contribution is 2.29. The van der Waals surface area contributed by atoms with Gasteiger partial charge in [0.2, 0.25) is 5.91 Å². The predicted molar refractivity (Wildman–Crippen MR) is 114 cm³/mol. The Morgan fingerprint density at radius 1 is 1.13 bits per heavy atom. The molecule has 0 N–H and O–H groups in total. The van der Waals surface area contributed by atoms with E-state index in [4.69, 9.17) is 9.47 Å². The topological polar surface area (TPSA) is 51.7 Å². The second kappa shape index (κ2) is 8.69. The number of carbonyl (C=O) groups excluding carboxylic acids is 1. The van der Waals surface area contributed by atoms with Crippen molar-refractivity contribution >= 4 is 16.8 Å². The zero-order valence-corrected chi connectivity index (χ0v) is 17.2. The van der Waals surface area contributed by atoms with Crippen LogP contribution >= 0.6 is 0 Å². The summed E-state index contributed by atoms with van der Waals surface area (Å²) in [5.41, 5.74) is 2.19. The monoisotopic (exact) mass is 408 g/mol. The molecule has 0 bridgehead atoms. The van der Waals surface area contributed by atoms with Gasteiger partial charge in [0, 0.05) is 49.5 Å². The maximum Gasteiger partial charge on any atom is 0.222 e. The SMILES string of the molecule is CCC(=O)N1CCC(Oc2ccc(-c3cnc4c(F)c(OC)ccc4c3)cc2)CC1. The van der Waals surface area contributed by atoms with Gasteiger partial charge in [-0.2, -0.15) is 0 Å². The van der Waals surface area contributed by atoms with Crippen molar-refractivity contribution in [3.63, 3.8) is 0 Å². The lowest BCUT2D eigenvalue weighted by molar-refractivity contribution is -0.132. The van der Waals surface area contributed by atoms with Crippen molar-refractivity contribution in [1.82, 2.24) is 9.88 Å². The Hall–Kier alpha value is -3.15. The Morgan fingerprint density at radius 3 is 2.53 bits per heavy atom. The third-order valence-electron chi connectivity index (χ3n) is 5.56. The summed E-state index contributed by atoms with van der Waals surface area (Å²) >= 11 is 0. The fourth-order valence-electron chi connectivity index (χ4n) is 3.83. The molecule has 2 heterocycles. The molecule has 0 saturated carbocycles. The van der Waals surface area contributed by atoms with Gasteiger partial charge in [0.25, 0.3) is 0 Å². The fourth-order valence-corrected chi connectivity index (χ4v) is 3.83. The lowest BCUT2D eigenvalue weighted by atomic mass is 10.0. The Morgan fingerprint density at radius 2 is 1.87 bits per heavy atom. The van der Waals surface area contributed by atoms with E-state index >= 15 is 0 Å². The van der Waals surface area contributed by atoms with Gasteiger partial charge in [-0.25, -0.2) is 4.39 Å². The molecule has 1 aliphatic heterocycles. The number of aromatic nitrogens is 1. The number of benzene rings is 2. The van der Waals surface area contributed by atoms with E-state index in [0.29, 0.717) is 11.9 Å². The summed E-state index contributed by atoms with van der Waals surface area (Å²) in [7, 11) is 1.44. The van der Waals surface area contributed by atoms with Gasteiger partial charge in [-0.05, 0) is 35.9 Å². The number of nitrogens with zero attached hydrogens (tertiary/aromatic N) is 2. The molecule has 5 nitrogen and oxygen atoms in total. The lowest BCUT2D eigenvalue weighted by Crippen LogP contribution is -2.41. The highest BCUT2D eigenvalue weighted by atomic mass is 19.1. The van der Waals surface area contributed by atoms with Gasteiger partial charge in [-0.1, -0.05) is 19.1 Å². The van der Waals surface area contributed by atoms with Gasteiger partial charge in [0.1, 0.15) is 17.4 Å². The number of likely N-dealkylation sites (tertiary alicyclic amines) is 1. The second-order valence-electron chi connectivity index (χ2n) is 7.45. The number of halogens is 1. The summed E-state index contributed by atoms with van der Waals surface area (Å²) in [6.07, 6.45) is 4.03. The Bertz CT molecular complexity index is 1040. The predicted octanol–water partition coefficient (Wildman–Crippen LogP) is 4.83. The van der Waals surface area contributed by atoms with E-state index in [1.54, 1.807) is 18.3 Å². The summed E-state index contributed by atoms with van der Waals surface area (Å²) in [4.78, 5) is 18.0. The van der Waals surface area contributed by atoms with Crippen LogP contribution in [-0.2, 0) is 4.79 Å². The van der Waals surface area contributed by atoms with Crippen molar-refractivity contribution < 1.29 is 18.7 Å². The van der Waals surface area contributed by atoms with Crippen LogP contribution in [0, 0.1) is 5.82 Å². The van der Waals surface area contributed by atoms with Crippen molar-refractivity contribution in [2.45, 2.75) is 32.3 Å². The van der Waals surface area contributed by atoms with Gasteiger partial charge >= 0.3 is 0 Å². The number of hydrogen-bond acceptors (Lipinski definition) is 4. The van der Waals surface area contributed by atoms with Gasteiger partial charge < -0.3 is 14.4 Å². The molecule has 3 aromatic rings. The van der Waals surface area contributed by atoms with Gasteiger partial charge in [0.05, 0.1) is 7.11 Å². The Labute approximate surface area is 175 Å². The smallest absolute Gasteiger partial charge is 0.222 e. The van der Waals surface area contributed by atoms with Crippen molar-refractivity contribution in [2.24, 2.45) is 0 Å². The third kappa shape index (κ3) is 4.08. The summed E-state index contributed by atoms with van der Waals surface area (Å²) in [5, 5.41) is 0.722. The maximum absolute atomic E-state index is 14.3. The first-order valence-corrected chi connectivity index (χ1v) is 10.3. The largest absolute Gasteiger partial charge is 0.494 e. The average molecular weight is 408 g/mol. The summed E-state index contributed by atoms with van der Waals surface area (Å²) < 4.78 is 25.5. The maximum atomic E-state index is 14.3. The van der Waals surface area contributed by atoms with Crippen LogP contribution in [-0.4, -0.2) is 42.1 Å². The van der Waals surface area contributed by atoms with E-state index in [2.05, 4.69) is 4.98 Å². The summed E-state index contributed by atoms with van der Waals surface area (Å²) in [6, 6.07) is 13.2. The molecule has 0 spiro atoms. The number of pyridine rings is 1. The molecule has 1 aromatic heterocycles. The fraction of sp³-hybridized carbons (Fsp3) is 0.333. The standard InChI is InChI=1S/C24H25FN2O3/c1-3-22(28)27-12-10-20(11-13-27)30-19-7-4-16(5-8-19)18-14-17-6-9-21(29-2)23(25)24(17)26-15-18/h4-9,14-15,20H,3,10-13H2,1-2H3. The molecule has 1 fully saturated rings. The molecular weight excluding hydrogens is 383 g/mol. The van der Waals surface area contributed by atoms with Crippen molar-refractivity contribution in [3.8, 4) is 22.6 Å². The molecule has 1 amide bonds. The minimum atomic E-state index is -0.447. The van der Waals surface area contributed by atoms with E-state index in [-0.39, 0.29) is 17.8 Å². The van der Waals surface area contributed by atoms with E-state index in [1.165, 1.54) is 7.11 Å². The van der Waals surface area contributed by atoms with E-state index in [9.17, 15) is 9.18 Å². The molecule has 0 unspecified atom stereocenters. The number of carbonyl (C=O) groups is 1. The van der Waals surface area contributed by atoms with Gasteiger partial charge in [0.15, 0.2) is 11.6 Å². The quantitative estimate of drug-likeness (QED) is 0.607. The Balaban J connectivity index is 1.44. The second-order valence-corrected chi connectivity index (χ2v) is 7.45. The summed E-state index contributed by atoms with van der Waals surface area (Å²) in [5.74, 6) is 0.759. The van der Waals surface area contributed by atoms with E-state index in [1.807, 2.05) is 42.2 Å². The molecular formula is C24H25FN2O3. The molecule has 0 radical (unpaired) electrons. The summed E-state index contributed by atoms with van der Waals surface area (Å²) in [6.45, 7) is 3.39. The van der Waals surface area contributed by atoms with Crippen LogP contribution in [0.3, 0.4) is 0 Å². The zero-order chi connectivity index (χ0) is 21.1. The van der Waals surface area contributed by atoms with Crippen molar-refractivity contribution in [2.75, 3.05) is 20.2 Å². The molecule has 0 atom stereocenters. The first kappa shape index (κ1) is 20.1. The van der Waals surface area contributed by atoms with Crippen LogP contribution in [0.25, 0.3) is 22.0 Å². The minimum absolute atomic E-state index is 0.122. The molecule has 2 aromatic carbocycles.